The second-order valence-corrected chi connectivity index (χ2v) is 5.80. The summed E-state index contributed by atoms with van der Waals surface area (Å²) in [5, 5.41) is 0. The minimum absolute atomic E-state index is 0.387. The third kappa shape index (κ3) is 0.516. The summed E-state index contributed by atoms with van der Waals surface area (Å²) in [5.41, 5.74) is 3.86. The highest BCUT2D eigenvalue weighted by molar-refractivity contribution is 5.47. The van der Waals surface area contributed by atoms with Crippen LogP contribution in [0.15, 0.2) is 11.1 Å². The molecule has 0 aromatic rings. The lowest BCUT2D eigenvalue weighted by molar-refractivity contribution is -0.292. The van der Waals surface area contributed by atoms with Gasteiger partial charge in [0.25, 0.3) is 0 Å². The zero-order chi connectivity index (χ0) is 8.91. The molecule has 1 aliphatic heterocycles. The molecule has 4 bridgehead atoms. The molecule has 14 heavy (non-hydrogen) atoms. The molecule has 4 aliphatic carbocycles. The van der Waals surface area contributed by atoms with Crippen molar-refractivity contribution >= 4 is 0 Å². The number of hydrogen-bond donors (Lipinski definition) is 0. The lowest BCUT2D eigenvalue weighted by atomic mass is 9.90. The molecule has 2 nitrogen and oxygen atoms in total. The largest absolute Gasteiger partial charge is 0.228 e. The first kappa shape index (κ1) is 7.02. The molecule has 0 aromatic heterocycles. The third-order valence-corrected chi connectivity index (χ3v) is 5.33. The zero-order valence-corrected chi connectivity index (χ0v) is 8.16. The molecule has 0 N–H and O–H groups in total. The Hall–Kier alpha value is -0.340. The van der Waals surface area contributed by atoms with Crippen LogP contribution in [0.3, 0.4) is 0 Å². The molecule has 1 heterocycles. The monoisotopic (exact) mass is 190 g/mol. The molecule has 5 aliphatic rings. The fourth-order valence-corrected chi connectivity index (χ4v) is 4.58. The Morgan fingerprint density at radius 2 is 1.50 bits per heavy atom. The van der Waals surface area contributed by atoms with Crippen LogP contribution in [-0.4, -0.2) is 12.2 Å². The van der Waals surface area contributed by atoms with E-state index < -0.39 is 0 Å². The zero-order valence-electron chi connectivity index (χ0n) is 8.16. The molecule has 3 fully saturated rings. The molecule has 2 saturated carbocycles. The maximum Gasteiger partial charge on any atom is 0.123 e. The Bertz CT molecular complexity index is 337. The minimum Gasteiger partial charge on any atom is -0.228 e. The first-order valence-electron chi connectivity index (χ1n) is 5.96. The first-order chi connectivity index (χ1) is 6.90. The molecular weight excluding hydrogens is 176 g/mol. The van der Waals surface area contributed by atoms with Crippen molar-refractivity contribution in [2.75, 3.05) is 0 Å². The van der Waals surface area contributed by atoms with Crippen LogP contribution >= 0.6 is 0 Å². The van der Waals surface area contributed by atoms with Crippen LogP contribution < -0.4 is 0 Å². The maximum absolute atomic E-state index is 5.54. The summed E-state index contributed by atoms with van der Waals surface area (Å²) in [7, 11) is 0. The summed E-state index contributed by atoms with van der Waals surface area (Å²) in [6.45, 7) is 0. The van der Waals surface area contributed by atoms with E-state index in [0.717, 1.165) is 11.8 Å². The summed E-state index contributed by atoms with van der Waals surface area (Å²) in [5.74, 6) is 1.76. The standard InChI is InChI=1S/C12H14O2/c1-2-7-5-6(1)8-9(7)11-12(3-4-12)10(8)13-14-11/h6-7,10-11H,1-5H2/t6-,7+,10-,11+. The van der Waals surface area contributed by atoms with E-state index in [2.05, 4.69) is 0 Å². The van der Waals surface area contributed by atoms with Crippen molar-refractivity contribution in [3.8, 4) is 0 Å². The number of hydrogen-bond acceptors (Lipinski definition) is 2. The van der Waals surface area contributed by atoms with Crippen molar-refractivity contribution in [2.24, 2.45) is 17.3 Å². The summed E-state index contributed by atoms with van der Waals surface area (Å²) in [6.07, 6.45) is 7.72. The number of rotatable bonds is 0. The molecule has 5 rings (SSSR count). The third-order valence-electron chi connectivity index (χ3n) is 5.33. The Morgan fingerprint density at radius 1 is 0.929 bits per heavy atom. The highest BCUT2D eigenvalue weighted by Crippen LogP contribution is 2.71. The fraction of sp³-hybridized carbons (Fsp3) is 0.833. The highest BCUT2D eigenvalue weighted by atomic mass is 17.2. The van der Waals surface area contributed by atoms with Crippen molar-refractivity contribution in [3.63, 3.8) is 0 Å². The van der Waals surface area contributed by atoms with Crippen molar-refractivity contribution in [1.29, 1.82) is 0 Å². The molecular formula is C12H14O2. The molecule has 2 heteroatoms. The van der Waals surface area contributed by atoms with Gasteiger partial charge in [-0.15, -0.1) is 0 Å². The van der Waals surface area contributed by atoms with Crippen molar-refractivity contribution in [3.05, 3.63) is 11.1 Å². The van der Waals surface area contributed by atoms with Gasteiger partial charge in [-0.05, 0) is 55.1 Å². The lowest BCUT2D eigenvalue weighted by Crippen LogP contribution is -2.22. The fourth-order valence-electron chi connectivity index (χ4n) is 4.58. The van der Waals surface area contributed by atoms with Crippen LogP contribution in [0.2, 0.25) is 0 Å². The Kier molecular flexibility index (Phi) is 0.918. The van der Waals surface area contributed by atoms with Crippen molar-refractivity contribution in [2.45, 2.75) is 44.3 Å². The van der Waals surface area contributed by atoms with Crippen LogP contribution in [0.4, 0.5) is 0 Å². The van der Waals surface area contributed by atoms with Crippen LogP contribution in [0, 0.1) is 17.3 Å². The summed E-state index contributed by atoms with van der Waals surface area (Å²) < 4.78 is 0. The van der Waals surface area contributed by atoms with E-state index >= 15 is 0 Å². The molecule has 4 atom stereocenters. The van der Waals surface area contributed by atoms with E-state index in [0.29, 0.717) is 17.6 Å². The van der Waals surface area contributed by atoms with Crippen molar-refractivity contribution < 1.29 is 9.78 Å². The Labute approximate surface area is 83.2 Å². The van der Waals surface area contributed by atoms with Gasteiger partial charge in [0, 0.05) is 5.41 Å². The molecule has 1 spiro atoms. The predicted octanol–water partition coefficient (Wildman–Crippen LogP) is 2.21. The maximum atomic E-state index is 5.54. The molecule has 1 saturated heterocycles. The lowest BCUT2D eigenvalue weighted by Gasteiger charge is -2.22. The molecule has 0 aromatic carbocycles. The second-order valence-electron chi connectivity index (χ2n) is 5.80. The molecule has 0 unspecified atom stereocenters. The summed E-state index contributed by atoms with van der Waals surface area (Å²) in [6, 6.07) is 0. The van der Waals surface area contributed by atoms with Gasteiger partial charge in [0.2, 0.25) is 0 Å². The van der Waals surface area contributed by atoms with E-state index in [-0.39, 0.29) is 0 Å². The van der Waals surface area contributed by atoms with Crippen molar-refractivity contribution in [1.82, 2.24) is 0 Å². The summed E-state index contributed by atoms with van der Waals surface area (Å²) >= 11 is 0. The predicted molar refractivity (Wildman–Crippen MR) is 49.3 cm³/mol. The van der Waals surface area contributed by atoms with Crippen LogP contribution in [-0.2, 0) is 9.78 Å². The Balaban J connectivity index is 1.74. The topological polar surface area (TPSA) is 18.5 Å². The Morgan fingerprint density at radius 3 is 2.00 bits per heavy atom. The number of fused-ring (bicyclic) bond motifs is 6. The smallest absolute Gasteiger partial charge is 0.123 e. The van der Waals surface area contributed by atoms with Gasteiger partial charge < -0.3 is 0 Å². The minimum atomic E-state index is 0.387. The van der Waals surface area contributed by atoms with E-state index in [1.54, 1.807) is 11.1 Å². The van der Waals surface area contributed by atoms with E-state index in [9.17, 15) is 0 Å². The average molecular weight is 190 g/mol. The SMILES string of the molecule is C1C[C@H]2C[C@@H]1C1=C2[C@@H]2OO[C@H]1C21CC1. The van der Waals surface area contributed by atoms with Crippen LogP contribution in [0.5, 0.6) is 0 Å². The molecule has 0 amide bonds. The van der Waals surface area contributed by atoms with Gasteiger partial charge in [-0.1, -0.05) is 0 Å². The van der Waals surface area contributed by atoms with Crippen LogP contribution in [0.1, 0.15) is 32.1 Å². The molecule has 0 radical (unpaired) electrons. The summed E-state index contributed by atoms with van der Waals surface area (Å²) in [4.78, 5) is 11.1. The van der Waals surface area contributed by atoms with Crippen LogP contribution in [0.25, 0.3) is 0 Å². The van der Waals surface area contributed by atoms with E-state index in [1.807, 2.05) is 0 Å². The second kappa shape index (κ2) is 1.83. The van der Waals surface area contributed by atoms with E-state index in [4.69, 9.17) is 9.78 Å². The normalized spacial score (nSPS) is 54.9. The van der Waals surface area contributed by atoms with Gasteiger partial charge in [-0.25, -0.2) is 9.78 Å². The van der Waals surface area contributed by atoms with Gasteiger partial charge in [-0.3, -0.25) is 0 Å². The molecule has 74 valence electrons. The van der Waals surface area contributed by atoms with Gasteiger partial charge in [0.05, 0.1) is 0 Å². The van der Waals surface area contributed by atoms with Gasteiger partial charge in [-0.2, -0.15) is 0 Å². The van der Waals surface area contributed by atoms with Gasteiger partial charge >= 0.3 is 0 Å². The van der Waals surface area contributed by atoms with Gasteiger partial charge in [0.1, 0.15) is 12.2 Å². The highest BCUT2D eigenvalue weighted by Gasteiger charge is 2.71. The average Bonchev–Trinajstić information content (AvgIpc) is 2.58. The van der Waals surface area contributed by atoms with Gasteiger partial charge in [0.15, 0.2) is 0 Å². The van der Waals surface area contributed by atoms with E-state index in [1.165, 1.54) is 32.1 Å². The quantitative estimate of drug-likeness (QED) is 0.430. The first-order valence-corrected chi connectivity index (χ1v) is 5.96.